The molecule has 1 atom stereocenters. The molecule has 0 aliphatic carbocycles. The molecule has 2 saturated heterocycles. The third-order valence-corrected chi connectivity index (χ3v) is 5.03. The molecule has 7 heteroatoms. The summed E-state index contributed by atoms with van der Waals surface area (Å²) in [5.74, 6) is 0.925. The molecule has 2 amide bonds. The Hall–Kier alpha value is -2.41. The second kappa shape index (κ2) is 6.84. The lowest BCUT2D eigenvalue weighted by atomic mass is 10.2. The van der Waals surface area contributed by atoms with E-state index in [4.69, 9.17) is 4.42 Å². The van der Waals surface area contributed by atoms with Crippen LogP contribution in [-0.2, 0) is 0 Å². The summed E-state index contributed by atoms with van der Waals surface area (Å²) in [5.41, 5.74) is 1.44. The van der Waals surface area contributed by atoms with E-state index in [9.17, 15) is 4.79 Å². The van der Waals surface area contributed by atoms with Gasteiger partial charge >= 0.3 is 6.03 Å². The first-order valence-electron chi connectivity index (χ1n) is 8.90. The van der Waals surface area contributed by atoms with Crippen molar-refractivity contribution in [2.45, 2.75) is 32.2 Å². The van der Waals surface area contributed by atoms with Crippen molar-refractivity contribution < 1.29 is 9.21 Å². The first-order chi connectivity index (χ1) is 12.2. The van der Waals surface area contributed by atoms with E-state index >= 15 is 0 Å². The van der Waals surface area contributed by atoms with Gasteiger partial charge in [0.25, 0.3) is 0 Å². The van der Waals surface area contributed by atoms with E-state index in [2.05, 4.69) is 20.4 Å². The summed E-state index contributed by atoms with van der Waals surface area (Å²) >= 11 is 0. The molecule has 0 unspecified atom stereocenters. The molecule has 1 N–H and O–H groups in total. The van der Waals surface area contributed by atoms with E-state index in [1.54, 1.807) is 6.92 Å². The molecule has 2 aliphatic heterocycles. The number of carbonyl (C=O) groups is 1. The number of rotatable bonds is 3. The Morgan fingerprint density at radius 1 is 1.20 bits per heavy atom. The number of hydrogen-bond acceptors (Lipinski definition) is 5. The number of nitrogens with zero attached hydrogens (tertiary/aromatic N) is 4. The van der Waals surface area contributed by atoms with Crippen LogP contribution in [0.4, 0.5) is 10.5 Å². The van der Waals surface area contributed by atoms with Gasteiger partial charge in [0.2, 0.25) is 11.8 Å². The van der Waals surface area contributed by atoms with Gasteiger partial charge in [-0.15, -0.1) is 10.2 Å². The van der Waals surface area contributed by atoms with Crippen LogP contribution in [0.2, 0.25) is 0 Å². The van der Waals surface area contributed by atoms with Crippen LogP contribution in [-0.4, -0.2) is 58.2 Å². The molecule has 2 aliphatic rings. The van der Waals surface area contributed by atoms with Crippen LogP contribution in [0.3, 0.4) is 0 Å². The monoisotopic (exact) mass is 341 g/mol. The number of aromatic nitrogens is 2. The zero-order valence-electron chi connectivity index (χ0n) is 14.4. The van der Waals surface area contributed by atoms with Gasteiger partial charge in [-0.05, 0) is 44.5 Å². The second-order valence-corrected chi connectivity index (χ2v) is 6.73. The van der Waals surface area contributed by atoms with E-state index in [-0.39, 0.29) is 6.03 Å². The van der Waals surface area contributed by atoms with E-state index < -0.39 is 0 Å². The minimum atomic E-state index is -0.0645. The van der Waals surface area contributed by atoms with Crippen molar-refractivity contribution in [3.05, 3.63) is 30.2 Å². The molecule has 3 heterocycles. The van der Waals surface area contributed by atoms with Crippen LogP contribution in [0.5, 0.6) is 0 Å². The number of amides is 2. The normalized spacial score (nSPS) is 21.0. The SMILES string of the molecule is Cc1nnc(-c2ccccc2NC(=O)N2CC[C@H](N3CCCC3)C2)o1. The maximum atomic E-state index is 12.7. The van der Waals surface area contributed by atoms with E-state index in [1.807, 2.05) is 29.2 Å². The molecule has 2 fully saturated rings. The number of para-hydroxylation sites is 1. The number of benzene rings is 1. The summed E-state index contributed by atoms with van der Waals surface area (Å²) in [5, 5.41) is 10.9. The molecule has 2 aromatic rings. The van der Waals surface area contributed by atoms with E-state index in [0.29, 0.717) is 23.5 Å². The fraction of sp³-hybridized carbons (Fsp3) is 0.500. The maximum Gasteiger partial charge on any atom is 0.321 e. The molecule has 132 valence electrons. The Bertz CT molecular complexity index is 753. The van der Waals surface area contributed by atoms with Crippen molar-refractivity contribution in [3.8, 4) is 11.5 Å². The molecular formula is C18H23N5O2. The first-order valence-corrected chi connectivity index (χ1v) is 8.90. The predicted octanol–water partition coefficient (Wildman–Crippen LogP) is 2.75. The van der Waals surface area contributed by atoms with Crippen LogP contribution in [0.25, 0.3) is 11.5 Å². The number of urea groups is 1. The number of likely N-dealkylation sites (tertiary alicyclic amines) is 2. The van der Waals surface area contributed by atoms with Crippen LogP contribution in [0.1, 0.15) is 25.2 Å². The van der Waals surface area contributed by atoms with Crippen LogP contribution >= 0.6 is 0 Å². The van der Waals surface area contributed by atoms with Gasteiger partial charge < -0.3 is 14.6 Å². The average molecular weight is 341 g/mol. The third-order valence-electron chi connectivity index (χ3n) is 5.03. The van der Waals surface area contributed by atoms with Crippen LogP contribution < -0.4 is 5.32 Å². The van der Waals surface area contributed by atoms with Crippen LogP contribution in [0.15, 0.2) is 28.7 Å². The van der Waals surface area contributed by atoms with Crippen molar-refractivity contribution in [2.75, 3.05) is 31.5 Å². The number of anilines is 1. The minimum absolute atomic E-state index is 0.0645. The third kappa shape index (κ3) is 3.37. The predicted molar refractivity (Wildman–Crippen MR) is 94.3 cm³/mol. The van der Waals surface area contributed by atoms with Crippen molar-refractivity contribution in [1.82, 2.24) is 20.0 Å². The highest BCUT2D eigenvalue weighted by Crippen LogP contribution is 2.27. The van der Waals surface area contributed by atoms with Crippen molar-refractivity contribution in [3.63, 3.8) is 0 Å². The Labute approximate surface area is 147 Å². The van der Waals surface area contributed by atoms with Crippen molar-refractivity contribution >= 4 is 11.7 Å². The first kappa shape index (κ1) is 16.1. The number of hydrogen-bond donors (Lipinski definition) is 1. The van der Waals surface area contributed by atoms with Gasteiger partial charge in [0.1, 0.15) is 0 Å². The molecular weight excluding hydrogens is 318 g/mol. The highest BCUT2D eigenvalue weighted by atomic mass is 16.4. The van der Waals surface area contributed by atoms with Crippen molar-refractivity contribution in [1.29, 1.82) is 0 Å². The van der Waals surface area contributed by atoms with E-state index in [1.165, 1.54) is 25.9 Å². The lowest BCUT2D eigenvalue weighted by molar-refractivity contribution is 0.210. The lowest BCUT2D eigenvalue weighted by Gasteiger charge is -2.23. The van der Waals surface area contributed by atoms with Gasteiger partial charge in [-0.1, -0.05) is 12.1 Å². The van der Waals surface area contributed by atoms with Gasteiger partial charge in [-0.2, -0.15) is 0 Å². The lowest BCUT2D eigenvalue weighted by Crippen LogP contribution is -2.38. The molecule has 7 nitrogen and oxygen atoms in total. The summed E-state index contributed by atoms with van der Waals surface area (Å²) in [7, 11) is 0. The van der Waals surface area contributed by atoms with Crippen LogP contribution in [0, 0.1) is 6.92 Å². The summed E-state index contributed by atoms with van der Waals surface area (Å²) in [6.07, 6.45) is 3.61. The summed E-state index contributed by atoms with van der Waals surface area (Å²) < 4.78 is 5.51. The summed E-state index contributed by atoms with van der Waals surface area (Å²) in [6.45, 7) is 5.68. The standard InChI is InChI=1S/C18H23N5O2/c1-13-20-21-17(25-13)15-6-2-3-7-16(15)19-18(24)23-11-8-14(12-23)22-9-4-5-10-22/h2-3,6-7,14H,4-5,8-12H2,1H3,(H,19,24)/t14-/m0/s1. The molecule has 0 bridgehead atoms. The van der Waals surface area contributed by atoms with Gasteiger partial charge in [0.05, 0.1) is 11.3 Å². The topological polar surface area (TPSA) is 74.5 Å². The number of aryl methyl sites for hydroxylation is 1. The summed E-state index contributed by atoms with van der Waals surface area (Å²) in [4.78, 5) is 17.1. The van der Waals surface area contributed by atoms with E-state index in [0.717, 1.165) is 25.1 Å². The Balaban J connectivity index is 1.45. The number of carbonyl (C=O) groups excluding carboxylic acids is 1. The second-order valence-electron chi connectivity index (χ2n) is 6.73. The smallest absolute Gasteiger partial charge is 0.321 e. The maximum absolute atomic E-state index is 12.7. The zero-order valence-corrected chi connectivity index (χ0v) is 14.4. The largest absolute Gasteiger partial charge is 0.421 e. The van der Waals surface area contributed by atoms with Gasteiger partial charge in [0, 0.05) is 26.1 Å². The molecule has 0 spiro atoms. The summed E-state index contributed by atoms with van der Waals surface area (Å²) in [6, 6.07) is 7.95. The quantitative estimate of drug-likeness (QED) is 0.929. The minimum Gasteiger partial charge on any atom is -0.421 e. The molecule has 1 aromatic heterocycles. The molecule has 25 heavy (non-hydrogen) atoms. The Morgan fingerprint density at radius 2 is 2.00 bits per heavy atom. The fourth-order valence-electron chi connectivity index (χ4n) is 3.71. The molecule has 1 aromatic carbocycles. The van der Waals surface area contributed by atoms with Gasteiger partial charge in [-0.3, -0.25) is 4.90 Å². The molecule has 4 rings (SSSR count). The van der Waals surface area contributed by atoms with Gasteiger partial charge in [0.15, 0.2) is 0 Å². The Kier molecular flexibility index (Phi) is 4.40. The average Bonchev–Trinajstić information content (AvgIpc) is 3.36. The zero-order chi connectivity index (χ0) is 17.2. The van der Waals surface area contributed by atoms with Gasteiger partial charge in [-0.25, -0.2) is 4.79 Å². The highest BCUT2D eigenvalue weighted by molar-refractivity contribution is 5.93. The molecule has 0 saturated carbocycles. The van der Waals surface area contributed by atoms with Crippen molar-refractivity contribution in [2.24, 2.45) is 0 Å². The fourth-order valence-corrected chi connectivity index (χ4v) is 3.71. The molecule has 0 radical (unpaired) electrons. The highest BCUT2D eigenvalue weighted by Gasteiger charge is 2.31. The number of nitrogens with one attached hydrogen (secondary N) is 1. The Morgan fingerprint density at radius 3 is 2.76 bits per heavy atom.